The third kappa shape index (κ3) is 5.36. The first-order valence-corrected chi connectivity index (χ1v) is 10.4. The fourth-order valence-electron chi connectivity index (χ4n) is 3.61. The van der Waals surface area contributed by atoms with E-state index in [4.69, 9.17) is 9.47 Å². The molecule has 0 unspecified atom stereocenters. The lowest BCUT2D eigenvalue weighted by Gasteiger charge is -2.22. The zero-order valence-corrected chi connectivity index (χ0v) is 18.9. The van der Waals surface area contributed by atoms with Crippen LogP contribution in [0.3, 0.4) is 0 Å². The lowest BCUT2D eigenvalue weighted by Crippen LogP contribution is -2.20. The first-order chi connectivity index (χ1) is 15.4. The molecule has 0 aliphatic carbocycles. The van der Waals surface area contributed by atoms with Crippen LogP contribution in [0.15, 0.2) is 54.6 Å². The minimum Gasteiger partial charge on any atom is -0.460 e. The van der Waals surface area contributed by atoms with Crippen LogP contribution >= 0.6 is 0 Å². The number of aromatic amines is 1. The van der Waals surface area contributed by atoms with Gasteiger partial charge in [0.05, 0.1) is 23.5 Å². The zero-order chi connectivity index (χ0) is 23.1. The number of para-hydroxylation sites is 2. The van der Waals surface area contributed by atoms with Crippen molar-refractivity contribution in [2.75, 3.05) is 37.6 Å². The molecule has 32 heavy (non-hydrogen) atoms. The van der Waals surface area contributed by atoms with Gasteiger partial charge in [-0.05, 0) is 37.1 Å². The Hall–Kier alpha value is -3.58. The molecule has 0 bridgehead atoms. The van der Waals surface area contributed by atoms with E-state index >= 15 is 0 Å². The summed E-state index contributed by atoms with van der Waals surface area (Å²) >= 11 is 0. The van der Waals surface area contributed by atoms with Crippen LogP contribution in [0, 0.1) is 13.8 Å². The molecule has 0 radical (unpaired) electrons. The Morgan fingerprint density at radius 2 is 1.69 bits per heavy atom. The molecule has 7 heteroatoms. The summed E-state index contributed by atoms with van der Waals surface area (Å²) < 4.78 is 10.1. The average Bonchev–Trinajstić information content (AvgIpc) is 3.09. The monoisotopic (exact) mass is 435 g/mol. The third-order valence-electron chi connectivity index (χ3n) is 5.22. The molecule has 0 spiro atoms. The van der Waals surface area contributed by atoms with E-state index in [1.54, 1.807) is 13.8 Å². The van der Waals surface area contributed by atoms with Crippen LogP contribution in [0.25, 0.3) is 0 Å². The summed E-state index contributed by atoms with van der Waals surface area (Å²) in [6.07, 6.45) is 0. The predicted molar refractivity (Wildman–Crippen MR) is 125 cm³/mol. The maximum absolute atomic E-state index is 13.1. The number of nitrogens with one attached hydrogen (secondary N) is 2. The van der Waals surface area contributed by atoms with Crippen molar-refractivity contribution in [2.24, 2.45) is 0 Å². The summed E-state index contributed by atoms with van der Waals surface area (Å²) in [4.78, 5) is 30.6. The molecular formula is C25H29N3O4. The molecule has 3 rings (SSSR count). The number of nitrogens with zero attached hydrogens (tertiary/aromatic N) is 1. The van der Waals surface area contributed by atoms with Crippen LogP contribution in [0.4, 0.5) is 11.4 Å². The van der Waals surface area contributed by atoms with Crippen LogP contribution in [0.5, 0.6) is 0 Å². The summed E-state index contributed by atoms with van der Waals surface area (Å²) in [6.45, 7) is 4.65. The highest BCUT2D eigenvalue weighted by molar-refractivity contribution is 6.08. The van der Waals surface area contributed by atoms with Crippen molar-refractivity contribution in [3.63, 3.8) is 0 Å². The van der Waals surface area contributed by atoms with Gasteiger partial charge in [-0.3, -0.25) is 4.79 Å². The molecule has 0 saturated carbocycles. The van der Waals surface area contributed by atoms with E-state index in [2.05, 4.69) is 27.3 Å². The van der Waals surface area contributed by atoms with Crippen LogP contribution in [-0.2, 0) is 16.0 Å². The van der Waals surface area contributed by atoms with Gasteiger partial charge in [0.15, 0.2) is 0 Å². The number of hydrogen-bond acceptors (Lipinski definition) is 5. The standard InChI is InChI=1S/C25H29N3O4/c1-17-22(25(30)32-15-14-31-4)18(2)26-23(17)24(29)27-20-12-8-9-13-21(20)28(3)16-19-10-6-5-7-11-19/h5-13,26H,14-16H2,1-4H3,(H,27,29). The van der Waals surface area contributed by atoms with Crippen LogP contribution < -0.4 is 10.2 Å². The van der Waals surface area contributed by atoms with E-state index < -0.39 is 5.97 Å². The molecule has 168 valence electrons. The minimum absolute atomic E-state index is 0.155. The van der Waals surface area contributed by atoms with Gasteiger partial charge in [0.25, 0.3) is 5.91 Å². The van der Waals surface area contributed by atoms with Crippen LogP contribution in [0.1, 0.15) is 37.7 Å². The average molecular weight is 436 g/mol. The summed E-state index contributed by atoms with van der Waals surface area (Å²) in [5, 5.41) is 2.98. The molecule has 0 fully saturated rings. The molecule has 0 atom stereocenters. The lowest BCUT2D eigenvalue weighted by atomic mass is 10.1. The summed E-state index contributed by atoms with van der Waals surface area (Å²) in [5.41, 5.74) is 4.60. The van der Waals surface area contributed by atoms with Gasteiger partial charge in [-0.15, -0.1) is 0 Å². The van der Waals surface area contributed by atoms with Crippen LogP contribution in [0.2, 0.25) is 0 Å². The highest BCUT2D eigenvalue weighted by atomic mass is 16.6. The number of aromatic nitrogens is 1. The fraction of sp³-hybridized carbons (Fsp3) is 0.280. The molecule has 2 N–H and O–H groups in total. The topological polar surface area (TPSA) is 83.7 Å². The SMILES string of the molecule is COCCOC(=O)c1c(C)[nH]c(C(=O)Nc2ccccc2N(C)Cc2ccccc2)c1C. The Morgan fingerprint density at radius 3 is 2.41 bits per heavy atom. The molecule has 0 saturated heterocycles. The number of anilines is 2. The van der Waals surface area contributed by atoms with E-state index in [0.29, 0.717) is 41.4 Å². The Labute approximate surface area is 188 Å². The molecule has 3 aromatic rings. The van der Waals surface area contributed by atoms with Crippen molar-refractivity contribution >= 4 is 23.3 Å². The molecule has 0 aliphatic heterocycles. The summed E-state index contributed by atoms with van der Waals surface area (Å²) in [7, 11) is 3.52. The number of aryl methyl sites for hydroxylation is 1. The first-order valence-electron chi connectivity index (χ1n) is 10.4. The summed E-state index contributed by atoms with van der Waals surface area (Å²) in [5.74, 6) is -0.794. The number of rotatable bonds is 9. The second-order valence-electron chi connectivity index (χ2n) is 7.57. The van der Waals surface area contributed by atoms with E-state index in [0.717, 1.165) is 5.69 Å². The van der Waals surface area contributed by atoms with Crippen molar-refractivity contribution < 1.29 is 19.1 Å². The number of hydrogen-bond donors (Lipinski definition) is 2. The van der Waals surface area contributed by atoms with Gasteiger partial charge in [0, 0.05) is 26.4 Å². The van der Waals surface area contributed by atoms with E-state index in [9.17, 15) is 9.59 Å². The molecule has 7 nitrogen and oxygen atoms in total. The van der Waals surface area contributed by atoms with E-state index in [1.165, 1.54) is 12.7 Å². The van der Waals surface area contributed by atoms with Gasteiger partial charge in [-0.25, -0.2) is 4.79 Å². The van der Waals surface area contributed by atoms with E-state index in [1.807, 2.05) is 49.5 Å². The number of H-pyrrole nitrogens is 1. The number of ether oxygens (including phenoxy) is 2. The van der Waals surface area contributed by atoms with Crippen molar-refractivity contribution in [2.45, 2.75) is 20.4 Å². The number of carbonyl (C=O) groups excluding carboxylic acids is 2. The molecule has 1 heterocycles. The molecule has 1 amide bonds. The second kappa shape index (κ2) is 10.6. The number of esters is 1. The second-order valence-corrected chi connectivity index (χ2v) is 7.57. The maximum Gasteiger partial charge on any atom is 0.340 e. The fourth-order valence-corrected chi connectivity index (χ4v) is 3.61. The van der Waals surface area contributed by atoms with Crippen molar-refractivity contribution in [3.05, 3.63) is 82.7 Å². The highest BCUT2D eigenvalue weighted by Crippen LogP contribution is 2.27. The van der Waals surface area contributed by atoms with Gasteiger partial charge in [-0.1, -0.05) is 42.5 Å². The van der Waals surface area contributed by atoms with Gasteiger partial charge < -0.3 is 24.7 Å². The quantitative estimate of drug-likeness (QED) is 0.386. The Kier molecular flexibility index (Phi) is 7.68. The zero-order valence-electron chi connectivity index (χ0n) is 18.9. The van der Waals surface area contributed by atoms with Crippen molar-refractivity contribution in [1.29, 1.82) is 0 Å². The van der Waals surface area contributed by atoms with Gasteiger partial charge >= 0.3 is 5.97 Å². The summed E-state index contributed by atoms with van der Waals surface area (Å²) in [6, 6.07) is 17.8. The number of benzene rings is 2. The Bertz CT molecular complexity index is 1080. The molecule has 1 aromatic heterocycles. The molecular weight excluding hydrogens is 406 g/mol. The number of carbonyl (C=O) groups is 2. The Morgan fingerprint density at radius 1 is 1.00 bits per heavy atom. The first kappa shape index (κ1) is 23.1. The highest BCUT2D eigenvalue weighted by Gasteiger charge is 2.23. The Balaban J connectivity index is 1.78. The number of amides is 1. The van der Waals surface area contributed by atoms with Gasteiger partial charge in [0.2, 0.25) is 0 Å². The maximum atomic E-state index is 13.1. The van der Waals surface area contributed by atoms with Crippen molar-refractivity contribution in [1.82, 2.24) is 4.98 Å². The lowest BCUT2D eigenvalue weighted by molar-refractivity contribution is 0.0387. The van der Waals surface area contributed by atoms with Crippen molar-refractivity contribution in [3.8, 4) is 0 Å². The predicted octanol–water partition coefficient (Wildman–Crippen LogP) is 4.32. The van der Waals surface area contributed by atoms with E-state index in [-0.39, 0.29) is 12.5 Å². The smallest absolute Gasteiger partial charge is 0.340 e. The largest absolute Gasteiger partial charge is 0.460 e. The molecule has 0 aliphatic rings. The molecule has 2 aromatic carbocycles. The third-order valence-corrected chi connectivity index (χ3v) is 5.22. The minimum atomic E-state index is -0.477. The van der Waals surface area contributed by atoms with Crippen LogP contribution in [-0.4, -0.2) is 44.2 Å². The number of methoxy groups -OCH3 is 1. The van der Waals surface area contributed by atoms with Gasteiger partial charge in [-0.2, -0.15) is 0 Å². The van der Waals surface area contributed by atoms with Gasteiger partial charge in [0.1, 0.15) is 12.3 Å². The normalized spacial score (nSPS) is 10.6.